The van der Waals surface area contributed by atoms with Gasteiger partial charge in [0.05, 0.1) is 36.2 Å². The fraction of sp³-hybridized carbons (Fsp3) is 0.0816. The van der Waals surface area contributed by atoms with Crippen LogP contribution in [0, 0.1) is 24.9 Å². The van der Waals surface area contributed by atoms with Gasteiger partial charge in [-0.1, -0.05) is 109 Å². The first kappa shape index (κ1) is 37.9. The van der Waals surface area contributed by atoms with Gasteiger partial charge in [-0.25, -0.2) is 9.37 Å². The molecule has 0 N–H and O–H groups in total. The first-order valence-corrected chi connectivity index (χ1v) is 22.1. The fourth-order valence-corrected chi connectivity index (χ4v) is 8.28. The van der Waals surface area contributed by atoms with Crippen molar-refractivity contribution < 1.29 is 28.9 Å². The van der Waals surface area contributed by atoms with Gasteiger partial charge >= 0.3 is 0 Å². The van der Waals surface area contributed by atoms with Gasteiger partial charge in [0.25, 0.3) is 0 Å². The number of aromatic nitrogens is 4. The van der Waals surface area contributed by atoms with E-state index in [2.05, 4.69) is 58.4 Å². The first-order valence-electron chi connectivity index (χ1n) is 18.6. The summed E-state index contributed by atoms with van der Waals surface area (Å²) in [7, 11) is -1.23. The van der Waals surface area contributed by atoms with Crippen LogP contribution < -0.4 is 5.19 Å². The van der Waals surface area contributed by atoms with Crippen LogP contribution in [0.25, 0.3) is 83.3 Å². The molecule has 4 heterocycles. The van der Waals surface area contributed by atoms with Gasteiger partial charge in [-0.15, -0.1) is 54.1 Å². The molecule has 0 aliphatic heterocycles. The average Bonchev–Trinajstić information content (AvgIpc) is 3.80. The van der Waals surface area contributed by atoms with E-state index in [1.54, 1.807) is 6.07 Å². The molecule has 5 nitrogen and oxygen atoms in total. The molecule has 6 aromatic carbocycles. The molecular formula is C49H37FIrN4OSi-2. The zero-order valence-corrected chi connectivity index (χ0v) is 35.2. The van der Waals surface area contributed by atoms with Gasteiger partial charge in [0.2, 0.25) is 5.71 Å². The quantitative estimate of drug-likeness (QED) is 0.127. The number of imidazole rings is 1. The molecule has 0 spiro atoms. The van der Waals surface area contributed by atoms with E-state index in [1.807, 2.05) is 141 Å². The summed E-state index contributed by atoms with van der Waals surface area (Å²) in [5, 5.41) is 4.62. The summed E-state index contributed by atoms with van der Waals surface area (Å²) in [6, 6.07) is 53.9. The van der Waals surface area contributed by atoms with E-state index in [0.29, 0.717) is 22.5 Å². The number of para-hydroxylation sites is 2. The van der Waals surface area contributed by atoms with Crippen LogP contribution >= 0.6 is 0 Å². The Morgan fingerprint density at radius 3 is 2.19 bits per heavy atom. The Morgan fingerprint density at radius 1 is 0.684 bits per heavy atom. The van der Waals surface area contributed by atoms with E-state index in [9.17, 15) is 0 Å². The molecule has 0 aliphatic carbocycles. The Bertz CT molecular complexity index is 3030. The maximum Gasteiger partial charge on any atom is 0.216 e. The molecule has 10 rings (SSSR count). The molecule has 0 unspecified atom stereocenters. The summed E-state index contributed by atoms with van der Waals surface area (Å²) in [5.41, 5.74) is 9.17. The van der Waals surface area contributed by atoms with Crippen molar-refractivity contribution in [2.24, 2.45) is 0 Å². The number of hydrogen-bond acceptors (Lipinski definition) is 4. The van der Waals surface area contributed by atoms with Crippen LogP contribution in [0.5, 0.6) is 0 Å². The topological polar surface area (TPSA) is 56.7 Å². The molecule has 57 heavy (non-hydrogen) atoms. The second-order valence-corrected chi connectivity index (χ2v) is 20.0. The van der Waals surface area contributed by atoms with E-state index >= 15 is 4.39 Å². The predicted molar refractivity (Wildman–Crippen MR) is 230 cm³/mol. The molecule has 0 saturated carbocycles. The van der Waals surface area contributed by atoms with Crippen molar-refractivity contribution in [2.45, 2.75) is 26.6 Å². The standard InChI is InChI=1S/C35H21FN3O.C14H16NSi.Ir/c1-21-18-19-26-25-14-9-15-27(33(25)40-35(26)37-21)34-38-30-16-7-8-17-31(30)39(34)32-24-13-6-5-12-23(24)29(36)20-28(32)22-10-3-2-4-11-22;1-16(2,3)13-9-10-14(15-11-13)12-7-5-4-6-8-12;/h2-14,16-20H,1H3;4-7,9-11H,1-3H3;/q2*-1;. The van der Waals surface area contributed by atoms with Crippen LogP contribution in [0.1, 0.15) is 5.69 Å². The van der Waals surface area contributed by atoms with Gasteiger partial charge in [-0.2, -0.15) is 0 Å². The smallest absolute Gasteiger partial charge is 0.216 e. The van der Waals surface area contributed by atoms with E-state index in [1.165, 1.54) is 5.19 Å². The molecular weight excluding hydrogens is 900 g/mol. The summed E-state index contributed by atoms with van der Waals surface area (Å²) >= 11 is 0. The van der Waals surface area contributed by atoms with Crippen LogP contribution in [-0.4, -0.2) is 27.6 Å². The third-order valence-electron chi connectivity index (χ3n) is 10.1. The Morgan fingerprint density at radius 2 is 1.44 bits per heavy atom. The zero-order valence-electron chi connectivity index (χ0n) is 31.8. The summed E-state index contributed by atoms with van der Waals surface area (Å²) in [6.07, 6.45) is 2.02. The van der Waals surface area contributed by atoms with Crippen LogP contribution in [0.15, 0.2) is 156 Å². The minimum Gasteiger partial charge on any atom is -0.486 e. The Hall–Kier alpha value is -6.05. The molecule has 0 atom stereocenters. The summed E-state index contributed by atoms with van der Waals surface area (Å²) in [6.45, 7) is 8.94. The van der Waals surface area contributed by atoms with E-state index in [-0.39, 0.29) is 25.9 Å². The molecule has 8 heteroatoms. The number of rotatable bonds is 5. The van der Waals surface area contributed by atoms with Gasteiger partial charge in [0.15, 0.2) is 0 Å². The maximum absolute atomic E-state index is 15.6. The number of furan rings is 1. The molecule has 0 saturated heterocycles. The average molecular weight is 937 g/mol. The number of benzene rings is 6. The van der Waals surface area contributed by atoms with E-state index in [4.69, 9.17) is 9.40 Å². The number of aryl methyl sites for hydroxylation is 1. The fourth-order valence-electron chi connectivity index (χ4n) is 7.24. The van der Waals surface area contributed by atoms with E-state index in [0.717, 1.165) is 66.5 Å². The molecule has 0 bridgehead atoms. The number of fused-ring (bicyclic) bond motifs is 5. The van der Waals surface area contributed by atoms with Crippen molar-refractivity contribution in [1.82, 2.24) is 19.5 Å². The second-order valence-electron chi connectivity index (χ2n) is 14.9. The summed E-state index contributed by atoms with van der Waals surface area (Å²) in [5.74, 6) is 0.396. The molecule has 4 aromatic heterocycles. The van der Waals surface area contributed by atoms with Crippen molar-refractivity contribution in [3.05, 3.63) is 175 Å². The molecule has 0 aliphatic rings. The van der Waals surface area contributed by atoms with Crippen molar-refractivity contribution >= 4 is 57.1 Å². The van der Waals surface area contributed by atoms with Gasteiger partial charge in [0, 0.05) is 53.7 Å². The SMILES string of the molecule is C[Si](C)(C)c1ccc(-c2[c-]cccc2)nc1.Cc1ccc2c(n1)oc1c(-c3nc4ccccc4n3-c3c(-c4ccccc4)cc(F)c4ccccc34)[c-]ccc12.[Ir]. The molecule has 1 radical (unpaired) electrons. The summed E-state index contributed by atoms with van der Waals surface area (Å²) < 4.78 is 24.1. The summed E-state index contributed by atoms with van der Waals surface area (Å²) in [4.78, 5) is 14.3. The van der Waals surface area contributed by atoms with Gasteiger partial charge in [-0.05, 0) is 53.7 Å². The van der Waals surface area contributed by atoms with Crippen molar-refractivity contribution in [2.75, 3.05) is 0 Å². The Labute approximate surface area is 345 Å². The van der Waals surface area contributed by atoms with Crippen molar-refractivity contribution in [3.8, 4) is 39.5 Å². The number of pyridine rings is 2. The van der Waals surface area contributed by atoms with Crippen LogP contribution in [0.2, 0.25) is 19.6 Å². The minimum absolute atomic E-state index is 0. The predicted octanol–water partition coefficient (Wildman–Crippen LogP) is 12.1. The van der Waals surface area contributed by atoms with Crippen molar-refractivity contribution in [3.63, 3.8) is 0 Å². The third kappa shape index (κ3) is 7.12. The number of nitrogens with zero attached hydrogens (tertiary/aromatic N) is 4. The van der Waals surface area contributed by atoms with Gasteiger partial charge in [0.1, 0.15) is 5.82 Å². The number of hydrogen-bond donors (Lipinski definition) is 0. The van der Waals surface area contributed by atoms with Crippen molar-refractivity contribution in [1.29, 1.82) is 0 Å². The molecule has 0 fully saturated rings. The van der Waals surface area contributed by atoms with Gasteiger partial charge in [-0.3, -0.25) is 4.98 Å². The van der Waals surface area contributed by atoms with Gasteiger partial charge < -0.3 is 14.0 Å². The first-order chi connectivity index (χ1) is 27.2. The minimum atomic E-state index is -1.23. The maximum atomic E-state index is 15.6. The third-order valence-corrected chi connectivity index (χ3v) is 12.1. The second kappa shape index (κ2) is 15.5. The Balaban J connectivity index is 0.000000226. The Kier molecular flexibility index (Phi) is 10.3. The largest absolute Gasteiger partial charge is 0.486 e. The molecule has 281 valence electrons. The number of halogens is 1. The monoisotopic (exact) mass is 937 g/mol. The molecule has 0 amide bonds. The van der Waals surface area contributed by atoms with Crippen LogP contribution in [0.3, 0.4) is 0 Å². The van der Waals surface area contributed by atoms with Crippen LogP contribution in [0.4, 0.5) is 4.39 Å². The van der Waals surface area contributed by atoms with Crippen LogP contribution in [-0.2, 0) is 20.1 Å². The normalized spacial score (nSPS) is 11.5. The molecule has 10 aromatic rings. The van der Waals surface area contributed by atoms with E-state index < -0.39 is 8.07 Å². The zero-order chi connectivity index (χ0) is 38.4.